The fourth-order valence-electron chi connectivity index (χ4n) is 2.91. The van der Waals surface area contributed by atoms with Crippen LogP contribution in [0.2, 0.25) is 0 Å². The van der Waals surface area contributed by atoms with Gasteiger partial charge in [0, 0.05) is 6.54 Å². The zero-order chi connectivity index (χ0) is 16.6. The molecule has 23 heavy (non-hydrogen) atoms. The third-order valence-corrected chi connectivity index (χ3v) is 4.96. The van der Waals surface area contributed by atoms with Crippen LogP contribution in [0.5, 0.6) is 0 Å². The van der Waals surface area contributed by atoms with Crippen LogP contribution in [0.4, 0.5) is 0 Å². The molecule has 1 aromatic carbocycles. The number of carbonyl (C=O) groups excluding carboxylic acids is 1. The SMILES string of the molecule is CCn1c(=S)[nH]c2cc(C(=O)O[C@H](C)C3CCC3)ccc2c1=O. The van der Waals surface area contributed by atoms with E-state index in [-0.39, 0.29) is 17.6 Å². The Morgan fingerprint density at radius 1 is 1.48 bits per heavy atom. The standard InChI is InChI=1S/C17H20N2O3S/c1-3-19-15(20)13-8-7-12(9-14(13)18-17(19)23)16(21)22-10(2)11-5-4-6-11/h7-11H,3-6H2,1-2H3,(H,18,23)/t10-/m1/s1. The van der Waals surface area contributed by atoms with E-state index in [9.17, 15) is 9.59 Å². The van der Waals surface area contributed by atoms with Crippen LogP contribution >= 0.6 is 12.2 Å². The van der Waals surface area contributed by atoms with Crippen molar-refractivity contribution in [1.82, 2.24) is 9.55 Å². The first kappa shape index (κ1) is 15.9. The Hall–Kier alpha value is -1.95. The van der Waals surface area contributed by atoms with Crippen LogP contribution in [-0.4, -0.2) is 21.6 Å². The minimum atomic E-state index is -0.356. The highest BCUT2D eigenvalue weighted by Gasteiger charge is 2.27. The van der Waals surface area contributed by atoms with E-state index in [1.165, 1.54) is 11.0 Å². The maximum atomic E-state index is 12.3. The molecule has 2 aromatic rings. The predicted molar refractivity (Wildman–Crippen MR) is 91.3 cm³/mol. The summed E-state index contributed by atoms with van der Waals surface area (Å²) in [6.07, 6.45) is 3.38. The molecule has 1 aromatic heterocycles. The number of hydrogen-bond acceptors (Lipinski definition) is 4. The van der Waals surface area contributed by atoms with E-state index in [2.05, 4.69) is 4.98 Å². The Morgan fingerprint density at radius 3 is 2.83 bits per heavy atom. The number of fused-ring (bicyclic) bond motifs is 1. The summed E-state index contributed by atoms with van der Waals surface area (Å²) in [4.78, 5) is 27.6. The second-order valence-corrected chi connectivity index (χ2v) is 6.43. The number of nitrogens with zero attached hydrogens (tertiary/aromatic N) is 1. The lowest BCUT2D eigenvalue weighted by Crippen LogP contribution is -2.29. The van der Waals surface area contributed by atoms with Crippen molar-refractivity contribution in [1.29, 1.82) is 0 Å². The van der Waals surface area contributed by atoms with Gasteiger partial charge in [-0.25, -0.2) is 4.79 Å². The van der Waals surface area contributed by atoms with E-state index < -0.39 is 0 Å². The molecular formula is C17H20N2O3S. The highest BCUT2D eigenvalue weighted by molar-refractivity contribution is 7.71. The van der Waals surface area contributed by atoms with Crippen LogP contribution in [-0.2, 0) is 11.3 Å². The maximum absolute atomic E-state index is 12.3. The van der Waals surface area contributed by atoms with Gasteiger partial charge in [0.05, 0.1) is 16.5 Å². The van der Waals surface area contributed by atoms with Crippen LogP contribution in [0.25, 0.3) is 10.9 Å². The van der Waals surface area contributed by atoms with Crippen molar-refractivity contribution >= 4 is 29.1 Å². The highest BCUT2D eigenvalue weighted by Crippen LogP contribution is 2.31. The number of ether oxygens (including phenoxy) is 1. The molecule has 0 radical (unpaired) electrons. The summed E-state index contributed by atoms with van der Waals surface area (Å²) in [5.74, 6) is 0.118. The zero-order valence-corrected chi connectivity index (χ0v) is 14.1. The van der Waals surface area contributed by atoms with Gasteiger partial charge in [-0.2, -0.15) is 0 Å². The second-order valence-electron chi connectivity index (χ2n) is 6.04. The fraction of sp³-hybridized carbons (Fsp3) is 0.471. The number of hydrogen-bond donors (Lipinski definition) is 1. The molecule has 5 nitrogen and oxygen atoms in total. The highest BCUT2D eigenvalue weighted by atomic mass is 32.1. The van der Waals surface area contributed by atoms with Gasteiger partial charge in [0.25, 0.3) is 5.56 Å². The summed E-state index contributed by atoms with van der Waals surface area (Å²) in [7, 11) is 0. The smallest absolute Gasteiger partial charge is 0.338 e. The lowest BCUT2D eigenvalue weighted by atomic mass is 9.82. The molecular weight excluding hydrogens is 312 g/mol. The van der Waals surface area contributed by atoms with E-state index in [0.29, 0.717) is 33.7 Å². The molecule has 0 amide bonds. The number of carbonyl (C=O) groups is 1. The van der Waals surface area contributed by atoms with Crippen molar-refractivity contribution in [2.24, 2.45) is 5.92 Å². The first-order chi connectivity index (χ1) is 11.0. The van der Waals surface area contributed by atoms with Crippen LogP contribution in [0.1, 0.15) is 43.5 Å². The molecule has 1 saturated carbocycles. The quantitative estimate of drug-likeness (QED) is 0.688. The van der Waals surface area contributed by atoms with Crippen molar-refractivity contribution < 1.29 is 9.53 Å². The van der Waals surface area contributed by atoms with Gasteiger partial charge in [0.1, 0.15) is 6.10 Å². The second kappa shape index (κ2) is 6.28. The number of aromatic nitrogens is 2. The maximum Gasteiger partial charge on any atom is 0.338 e. The van der Waals surface area contributed by atoms with Crippen LogP contribution in [0, 0.1) is 10.7 Å². The molecule has 1 atom stereocenters. The molecule has 0 unspecified atom stereocenters. The van der Waals surface area contributed by atoms with Crippen molar-refractivity contribution in [3.63, 3.8) is 0 Å². The zero-order valence-electron chi connectivity index (χ0n) is 13.3. The molecule has 0 aliphatic heterocycles. The Labute approximate surface area is 139 Å². The lowest BCUT2D eigenvalue weighted by Gasteiger charge is -2.30. The van der Waals surface area contributed by atoms with Gasteiger partial charge < -0.3 is 9.72 Å². The Kier molecular flexibility index (Phi) is 4.35. The van der Waals surface area contributed by atoms with Gasteiger partial charge in [-0.15, -0.1) is 0 Å². The van der Waals surface area contributed by atoms with Gasteiger partial charge in [-0.05, 0) is 63.0 Å². The Balaban J connectivity index is 1.92. The molecule has 0 saturated heterocycles. The van der Waals surface area contributed by atoms with E-state index in [1.54, 1.807) is 18.2 Å². The van der Waals surface area contributed by atoms with Crippen LogP contribution in [0.3, 0.4) is 0 Å². The largest absolute Gasteiger partial charge is 0.459 e. The average molecular weight is 332 g/mol. The Morgan fingerprint density at radius 2 is 2.22 bits per heavy atom. The summed E-state index contributed by atoms with van der Waals surface area (Å²) in [6, 6.07) is 4.93. The number of esters is 1. The van der Waals surface area contributed by atoms with Crippen LogP contribution < -0.4 is 5.56 Å². The molecule has 122 valence electrons. The van der Waals surface area contributed by atoms with Gasteiger partial charge in [-0.3, -0.25) is 9.36 Å². The summed E-state index contributed by atoms with van der Waals surface area (Å²) in [6.45, 7) is 4.31. The predicted octanol–water partition coefficient (Wildman–Crippen LogP) is 3.42. The van der Waals surface area contributed by atoms with E-state index >= 15 is 0 Å². The number of rotatable bonds is 4. The number of H-pyrrole nitrogens is 1. The van der Waals surface area contributed by atoms with E-state index in [1.807, 2.05) is 13.8 Å². The van der Waals surface area contributed by atoms with Crippen molar-refractivity contribution in [3.8, 4) is 0 Å². The molecule has 6 heteroatoms. The van der Waals surface area contributed by atoms with Crippen LogP contribution in [0.15, 0.2) is 23.0 Å². The normalized spacial score (nSPS) is 16.1. The van der Waals surface area contributed by atoms with E-state index in [4.69, 9.17) is 17.0 Å². The van der Waals surface area contributed by atoms with Gasteiger partial charge >= 0.3 is 5.97 Å². The molecule has 1 N–H and O–H groups in total. The third-order valence-electron chi connectivity index (χ3n) is 4.64. The van der Waals surface area contributed by atoms with Crippen molar-refractivity contribution in [2.75, 3.05) is 0 Å². The van der Waals surface area contributed by atoms with Gasteiger partial charge in [0.2, 0.25) is 0 Å². The van der Waals surface area contributed by atoms with E-state index in [0.717, 1.165) is 12.8 Å². The summed E-state index contributed by atoms with van der Waals surface area (Å²) in [5.41, 5.74) is 0.854. The fourth-order valence-corrected chi connectivity index (χ4v) is 3.23. The average Bonchev–Trinajstić information content (AvgIpc) is 2.45. The first-order valence-corrected chi connectivity index (χ1v) is 8.40. The molecule has 1 fully saturated rings. The van der Waals surface area contributed by atoms with Gasteiger partial charge in [-0.1, -0.05) is 6.42 Å². The molecule has 0 spiro atoms. The minimum absolute atomic E-state index is 0.0708. The minimum Gasteiger partial charge on any atom is -0.459 e. The van der Waals surface area contributed by atoms with Crippen molar-refractivity contribution in [3.05, 3.63) is 38.9 Å². The number of nitrogens with one attached hydrogen (secondary N) is 1. The molecule has 0 bridgehead atoms. The summed E-state index contributed by atoms with van der Waals surface area (Å²) >= 11 is 5.19. The molecule has 1 aliphatic carbocycles. The van der Waals surface area contributed by atoms with Crippen molar-refractivity contribution in [2.45, 2.75) is 45.8 Å². The molecule has 1 heterocycles. The first-order valence-electron chi connectivity index (χ1n) is 7.99. The Bertz CT molecular complexity index is 864. The summed E-state index contributed by atoms with van der Waals surface area (Å²) < 4.78 is 7.39. The molecule has 1 aliphatic rings. The lowest BCUT2D eigenvalue weighted by molar-refractivity contribution is 0.00661. The number of aromatic amines is 1. The van der Waals surface area contributed by atoms with Gasteiger partial charge in [0.15, 0.2) is 4.77 Å². The summed E-state index contributed by atoms with van der Waals surface area (Å²) in [5, 5.41) is 0.518. The topological polar surface area (TPSA) is 64.1 Å². The third kappa shape index (κ3) is 2.95. The number of benzene rings is 1. The molecule has 3 rings (SSSR count). The monoisotopic (exact) mass is 332 g/mol.